The lowest BCUT2D eigenvalue weighted by atomic mass is 9.98. The summed E-state index contributed by atoms with van der Waals surface area (Å²) < 4.78 is 10.4. The van der Waals surface area contributed by atoms with E-state index in [1.54, 1.807) is 32.4 Å². The van der Waals surface area contributed by atoms with Crippen LogP contribution in [0, 0.1) is 0 Å². The summed E-state index contributed by atoms with van der Waals surface area (Å²) in [5.74, 6) is 1.16. The number of carbonyl (C=O) groups is 1. The number of hydrogen-bond acceptors (Lipinski definition) is 4. The van der Waals surface area contributed by atoms with Crippen molar-refractivity contribution in [3.63, 3.8) is 0 Å². The number of ketones is 1. The molecule has 2 rings (SSSR count). The van der Waals surface area contributed by atoms with Crippen molar-refractivity contribution in [2.75, 3.05) is 14.2 Å². The van der Waals surface area contributed by atoms with Crippen molar-refractivity contribution in [1.82, 2.24) is 0 Å². The Kier molecular flexibility index (Phi) is 4.95. The first-order chi connectivity index (χ1) is 10.2. The predicted molar refractivity (Wildman–Crippen MR) is 81.9 cm³/mol. The van der Waals surface area contributed by atoms with Crippen LogP contribution >= 0.6 is 0 Å². The summed E-state index contributed by atoms with van der Waals surface area (Å²) in [6.07, 6.45) is 0.289. The molecule has 0 aliphatic heterocycles. The van der Waals surface area contributed by atoms with Crippen LogP contribution in [-0.4, -0.2) is 20.0 Å². The molecule has 0 atom stereocenters. The second-order valence-corrected chi connectivity index (χ2v) is 4.64. The summed E-state index contributed by atoms with van der Waals surface area (Å²) >= 11 is 0. The van der Waals surface area contributed by atoms with E-state index in [0.29, 0.717) is 23.6 Å². The van der Waals surface area contributed by atoms with Crippen molar-refractivity contribution in [2.24, 2.45) is 5.73 Å². The van der Waals surface area contributed by atoms with E-state index in [4.69, 9.17) is 15.2 Å². The molecule has 2 aromatic rings. The molecule has 0 amide bonds. The summed E-state index contributed by atoms with van der Waals surface area (Å²) in [5, 5.41) is 0. The van der Waals surface area contributed by atoms with Crippen LogP contribution in [0.3, 0.4) is 0 Å². The number of carbonyl (C=O) groups excluding carboxylic acids is 1. The fraction of sp³-hybridized carbons (Fsp3) is 0.235. The lowest BCUT2D eigenvalue weighted by molar-refractivity contribution is 0.0989. The predicted octanol–water partition coefficient (Wildman–Crippen LogP) is 2.59. The molecular formula is C17H19NO3. The number of rotatable bonds is 6. The molecule has 0 aliphatic rings. The Morgan fingerprint density at radius 2 is 1.76 bits per heavy atom. The summed E-state index contributed by atoms with van der Waals surface area (Å²) in [6.45, 7) is 0.415. The highest BCUT2D eigenvalue weighted by Gasteiger charge is 2.15. The molecule has 0 aromatic heterocycles. The van der Waals surface area contributed by atoms with Crippen LogP contribution in [0.5, 0.6) is 11.5 Å². The van der Waals surface area contributed by atoms with Crippen LogP contribution < -0.4 is 15.2 Å². The quantitative estimate of drug-likeness (QED) is 0.829. The molecule has 4 nitrogen and oxygen atoms in total. The fourth-order valence-corrected chi connectivity index (χ4v) is 2.23. The zero-order valence-corrected chi connectivity index (χ0v) is 12.3. The van der Waals surface area contributed by atoms with Gasteiger partial charge in [-0.25, -0.2) is 0 Å². The van der Waals surface area contributed by atoms with Gasteiger partial charge in [0.15, 0.2) is 5.78 Å². The second kappa shape index (κ2) is 6.90. The maximum atomic E-state index is 12.6. The van der Waals surface area contributed by atoms with Crippen molar-refractivity contribution in [3.8, 4) is 11.5 Å². The van der Waals surface area contributed by atoms with Crippen molar-refractivity contribution in [3.05, 3.63) is 59.2 Å². The van der Waals surface area contributed by atoms with Crippen LogP contribution in [0.1, 0.15) is 21.5 Å². The van der Waals surface area contributed by atoms with Gasteiger partial charge in [0.1, 0.15) is 11.5 Å². The van der Waals surface area contributed by atoms with Gasteiger partial charge in [-0.15, -0.1) is 0 Å². The van der Waals surface area contributed by atoms with Gasteiger partial charge in [-0.05, 0) is 29.3 Å². The molecule has 21 heavy (non-hydrogen) atoms. The SMILES string of the molecule is COc1ccc(OC)c(C(=O)Cc2ccccc2CN)c1. The summed E-state index contributed by atoms with van der Waals surface area (Å²) in [5.41, 5.74) is 8.15. The van der Waals surface area contributed by atoms with E-state index in [2.05, 4.69) is 0 Å². The Bertz CT molecular complexity index is 638. The molecule has 2 N–H and O–H groups in total. The molecule has 0 radical (unpaired) electrons. The van der Waals surface area contributed by atoms with Gasteiger partial charge in [0.25, 0.3) is 0 Å². The minimum absolute atomic E-state index is 0.0216. The van der Waals surface area contributed by atoms with Crippen molar-refractivity contribution >= 4 is 5.78 Å². The first kappa shape index (κ1) is 15.1. The minimum Gasteiger partial charge on any atom is -0.497 e. The average molecular weight is 285 g/mol. The van der Waals surface area contributed by atoms with E-state index in [1.807, 2.05) is 24.3 Å². The summed E-state index contributed by atoms with van der Waals surface area (Å²) in [4.78, 5) is 12.6. The number of benzene rings is 2. The lowest BCUT2D eigenvalue weighted by Gasteiger charge is -2.11. The van der Waals surface area contributed by atoms with Gasteiger partial charge < -0.3 is 15.2 Å². The third-order valence-corrected chi connectivity index (χ3v) is 3.40. The molecule has 0 bridgehead atoms. The van der Waals surface area contributed by atoms with Gasteiger partial charge in [0, 0.05) is 13.0 Å². The zero-order valence-electron chi connectivity index (χ0n) is 12.3. The Balaban J connectivity index is 2.31. The van der Waals surface area contributed by atoms with Gasteiger partial charge in [-0.2, -0.15) is 0 Å². The molecule has 2 aromatic carbocycles. The van der Waals surface area contributed by atoms with E-state index in [0.717, 1.165) is 11.1 Å². The molecule has 0 saturated carbocycles. The van der Waals surface area contributed by atoms with Crippen molar-refractivity contribution in [1.29, 1.82) is 0 Å². The number of methoxy groups -OCH3 is 2. The van der Waals surface area contributed by atoms with Gasteiger partial charge in [-0.3, -0.25) is 4.79 Å². The van der Waals surface area contributed by atoms with E-state index in [-0.39, 0.29) is 12.2 Å². The first-order valence-electron chi connectivity index (χ1n) is 6.71. The minimum atomic E-state index is -0.0216. The summed E-state index contributed by atoms with van der Waals surface area (Å²) in [6, 6.07) is 12.9. The Morgan fingerprint density at radius 3 is 2.38 bits per heavy atom. The number of ether oxygens (including phenoxy) is 2. The molecule has 0 heterocycles. The van der Waals surface area contributed by atoms with Crippen LogP contribution in [-0.2, 0) is 13.0 Å². The monoisotopic (exact) mass is 285 g/mol. The van der Waals surface area contributed by atoms with Gasteiger partial charge in [-0.1, -0.05) is 24.3 Å². The second-order valence-electron chi connectivity index (χ2n) is 4.64. The van der Waals surface area contributed by atoms with E-state index in [1.165, 1.54) is 0 Å². The van der Waals surface area contributed by atoms with Crippen LogP contribution in [0.4, 0.5) is 0 Å². The third-order valence-electron chi connectivity index (χ3n) is 3.40. The largest absolute Gasteiger partial charge is 0.497 e. The maximum absolute atomic E-state index is 12.6. The number of hydrogen-bond donors (Lipinski definition) is 1. The molecule has 110 valence electrons. The van der Waals surface area contributed by atoms with Crippen LogP contribution in [0.25, 0.3) is 0 Å². The third kappa shape index (κ3) is 3.41. The molecular weight excluding hydrogens is 266 g/mol. The molecule has 4 heteroatoms. The van der Waals surface area contributed by atoms with Crippen molar-refractivity contribution < 1.29 is 14.3 Å². The highest BCUT2D eigenvalue weighted by molar-refractivity contribution is 6.00. The van der Waals surface area contributed by atoms with Gasteiger partial charge >= 0.3 is 0 Å². The molecule has 0 aliphatic carbocycles. The van der Waals surface area contributed by atoms with Crippen molar-refractivity contribution in [2.45, 2.75) is 13.0 Å². The van der Waals surface area contributed by atoms with E-state index < -0.39 is 0 Å². The van der Waals surface area contributed by atoms with Crippen LogP contribution in [0.15, 0.2) is 42.5 Å². The Morgan fingerprint density at radius 1 is 1.05 bits per heavy atom. The fourth-order valence-electron chi connectivity index (χ4n) is 2.23. The number of Topliss-reactive ketones (excluding diaryl/α,β-unsaturated/α-hetero) is 1. The molecule has 0 spiro atoms. The molecule has 0 saturated heterocycles. The van der Waals surface area contributed by atoms with Crippen LogP contribution in [0.2, 0.25) is 0 Å². The van der Waals surface area contributed by atoms with Gasteiger partial charge in [0.05, 0.1) is 19.8 Å². The Labute approximate surface area is 124 Å². The molecule has 0 unspecified atom stereocenters. The van der Waals surface area contributed by atoms with Gasteiger partial charge in [0.2, 0.25) is 0 Å². The molecule has 0 fully saturated rings. The lowest BCUT2D eigenvalue weighted by Crippen LogP contribution is -2.09. The zero-order chi connectivity index (χ0) is 15.2. The highest BCUT2D eigenvalue weighted by Crippen LogP contribution is 2.25. The summed E-state index contributed by atoms with van der Waals surface area (Å²) in [7, 11) is 3.12. The van der Waals surface area contributed by atoms with E-state index in [9.17, 15) is 4.79 Å². The highest BCUT2D eigenvalue weighted by atomic mass is 16.5. The Hall–Kier alpha value is -2.33. The maximum Gasteiger partial charge on any atom is 0.171 e. The first-order valence-corrected chi connectivity index (χ1v) is 6.71. The smallest absolute Gasteiger partial charge is 0.171 e. The normalized spacial score (nSPS) is 10.2. The standard InChI is InChI=1S/C17H19NO3/c1-20-14-7-8-17(21-2)15(10-14)16(19)9-12-5-3-4-6-13(12)11-18/h3-8,10H,9,11,18H2,1-2H3. The topological polar surface area (TPSA) is 61.5 Å². The average Bonchev–Trinajstić information content (AvgIpc) is 2.54. The number of nitrogens with two attached hydrogens (primary N) is 1. The van der Waals surface area contributed by atoms with E-state index >= 15 is 0 Å².